The molecule has 0 radical (unpaired) electrons. The van der Waals surface area contributed by atoms with Crippen LogP contribution in [0.25, 0.3) is 0 Å². The average Bonchev–Trinajstić information content (AvgIpc) is 3.09. The molecule has 0 aliphatic heterocycles. The highest BCUT2D eigenvalue weighted by Crippen LogP contribution is 2.17. The standard InChI is InChI=1S/C19H25N5O4S/c1-5-28-17(26)10-24(13(2)3)18(27)14-7-6-8-15(9-14)21-16(25)11-29-19-22-20-12-23(19)4/h6-9,12-13H,5,10-11H2,1-4H3,(H,21,25). The van der Waals surface area contributed by atoms with Gasteiger partial charge in [-0.1, -0.05) is 17.8 Å². The molecule has 1 heterocycles. The summed E-state index contributed by atoms with van der Waals surface area (Å²) in [6.45, 7) is 5.50. The first-order chi connectivity index (χ1) is 13.8. The number of esters is 1. The van der Waals surface area contributed by atoms with Crippen LogP contribution in [0, 0.1) is 0 Å². The predicted octanol–water partition coefficient (Wildman–Crippen LogP) is 1.96. The van der Waals surface area contributed by atoms with Crippen LogP contribution in [0.5, 0.6) is 0 Å². The Hall–Kier alpha value is -2.88. The van der Waals surface area contributed by atoms with E-state index in [1.54, 1.807) is 49.1 Å². The highest BCUT2D eigenvalue weighted by Gasteiger charge is 2.22. The molecule has 0 aliphatic rings. The second-order valence-electron chi connectivity index (χ2n) is 6.47. The van der Waals surface area contributed by atoms with Gasteiger partial charge >= 0.3 is 5.97 Å². The molecule has 0 bridgehead atoms. The van der Waals surface area contributed by atoms with Gasteiger partial charge in [-0.05, 0) is 39.0 Å². The number of nitrogens with zero attached hydrogens (tertiary/aromatic N) is 4. The van der Waals surface area contributed by atoms with Crippen LogP contribution in [0.2, 0.25) is 0 Å². The summed E-state index contributed by atoms with van der Waals surface area (Å²) in [5.74, 6) is -0.835. The first-order valence-electron chi connectivity index (χ1n) is 9.15. The van der Waals surface area contributed by atoms with Crippen molar-refractivity contribution < 1.29 is 19.1 Å². The number of hydrogen-bond acceptors (Lipinski definition) is 7. The summed E-state index contributed by atoms with van der Waals surface area (Å²) in [5, 5.41) is 11.1. The first-order valence-corrected chi connectivity index (χ1v) is 10.1. The molecule has 0 unspecified atom stereocenters. The van der Waals surface area contributed by atoms with Gasteiger partial charge in [-0.25, -0.2) is 0 Å². The molecule has 0 saturated heterocycles. The van der Waals surface area contributed by atoms with Crippen LogP contribution in [0.3, 0.4) is 0 Å². The summed E-state index contributed by atoms with van der Waals surface area (Å²) in [5.41, 5.74) is 0.876. The van der Waals surface area contributed by atoms with Crippen molar-refractivity contribution in [3.8, 4) is 0 Å². The van der Waals surface area contributed by atoms with Crippen LogP contribution in [-0.2, 0) is 21.4 Å². The van der Waals surface area contributed by atoms with Crippen molar-refractivity contribution in [2.45, 2.75) is 32.0 Å². The second-order valence-corrected chi connectivity index (χ2v) is 7.42. The lowest BCUT2D eigenvalue weighted by molar-refractivity contribution is -0.144. The minimum atomic E-state index is -0.459. The molecule has 2 aromatic rings. The van der Waals surface area contributed by atoms with E-state index in [0.717, 1.165) is 0 Å². The molecule has 0 saturated carbocycles. The van der Waals surface area contributed by atoms with Gasteiger partial charge in [-0.15, -0.1) is 10.2 Å². The number of ether oxygens (including phenoxy) is 1. The minimum absolute atomic E-state index is 0.130. The molecular weight excluding hydrogens is 394 g/mol. The average molecular weight is 420 g/mol. The normalized spacial score (nSPS) is 10.7. The quantitative estimate of drug-likeness (QED) is 0.489. The fourth-order valence-electron chi connectivity index (χ4n) is 2.46. The van der Waals surface area contributed by atoms with E-state index in [1.807, 2.05) is 13.8 Å². The Morgan fingerprint density at radius 3 is 2.69 bits per heavy atom. The zero-order valence-corrected chi connectivity index (χ0v) is 17.7. The molecule has 29 heavy (non-hydrogen) atoms. The van der Waals surface area contributed by atoms with Gasteiger partial charge in [0.25, 0.3) is 5.91 Å². The lowest BCUT2D eigenvalue weighted by Gasteiger charge is -2.26. The fraction of sp³-hybridized carbons (Fsp3) is 0.421. The van der Waals surface area contributed by atoms with Crippen LogP contribution < -0.4 is 5.32 Å². The number of carbonyl (C=O) groups is 3. The zero-order chi connectivity index (χ0) is 21.4. The molecule has 0 aliphatic carbocycles. The number of hydrogen-bond donors (Lipinski definition) is 1. The van der Waals surface area contributed by atoms with E-state index >= 15 is 0 Å². The summed E-state index contributed by atoms with van der Waals surface area (Å²) in [6, 6.07) is 6.43. The maximum absolute atomic E-state index is 12.9. The Morgan fingerprint density at radius 2 is 2.07 bits per heavy atom. The van der Waals surface area contributed by atoms with Gasteiger partial charge in [0.15, 0.2) is 5.16 Å². The van der Waals surface area contributed by atoms with Crippen molar-refractivity contribution in [3.63, 3.8) is 0 Å². The van der Waals surface area contributed by atoms with Crippen LogP contribution in [0.15, 0.2) is 35.7 Å². The van der Waals surface area contributed by atoms with Crippen molar-refractivity contribution in [2.75, 3.05) is 24.2 Å². The zero-order valence-electron chi connectivity index (χ0n) is 16.9. The Balaban J connectivity index is 2.02. The van der Waals surface area contributed by atoms with Crippen molar-refractivity contribution in [1.82, 2.24) is 19.7 Å². The third-order valence-corrected chi connectivity index (χ3v) is 4.92. The number of nitrogens with one attached hydrogen (secondary N) is 1. The van der Waals surface area contributed by atoms with E-state index in [9.17, 15) is 14.4 Å². The Kier molecular flexibility index (Phi) is 8.20. The fourth-order valence-corrected chi connectivity index (χ4v) is 3.15. The van der Waals surface area contributed by atoms with Crippen LogP contribution in [-0.4, -0.2) is 62.4 Å². The van der Waals surface area contributed by atoms with Gasteiger partial charge in [0.2, 0.25) is 5.91 Å². The highest BCUT2D eigenvalue weighted by molar-refractivity contribution is 7.99. The number of rotatable bonds is 9. The van der Waals surface area contributed by atoms with Crippen molar-refractivity contribution in [2.24, 2.45) is 7.05 Å². The van der Waals surface area contributed by atoms with Gasteiger partial charge < -0.3 is 19.5 Å². The molecular formula is C19H25N5O4S. The SMILES string of the molecule is CCOC(=O)CN(C(=O)c1cccc(NC(=O)CSc2nncn2C)c1)C(C)C. The maximum atomic E-state index is 12.9. The van der Waals surface area contributed by atoms with E-state index < -0.39 is 5.97 Å². The number of carbonyl (C=O) groups excluding carboxylic acids is 3. The minimum Gasteiger partial charge on any atom is -0.465 e. The summed E-state index contributed by atoms with van der Waals surface area (Å²) in [7, 11) is 1.80. The van der Waals surface area contributed by atoms with Gasteiger partial charge in [-0.2, -0.15) is 0 Å². The lowest BCUT2D eigenvalue weighted by Crippen LogP contribution is -2.41. The Labute approximate surface area is 173 Å². The Morgan fingerprint density at radius 1 is 1.31 bits per heavy atom. The molecule has 0 fully saturated rings. The van der Waals surface area contributed by atoms with Crippen LogP contribution in [0.1, 0.15) is 31.1 Å². The number of aryl methyl sites for hydroxylation is 1. The second kappa shape index (κ2) is 10.6. The van der Waals surface area contributed by atoms with Crippen LogP contribution in [0.4, 0.5) is 5.69 Å². The monoisotopic (exact) mass is 419 g/mol. The highest BCUT2D eigenvalue weighted by atomic mass is 32.2. The molecule has 1 aromatic heterocycles. The molecule has 10 heteroatoms. The van der Waals surface area contributed by atoms with Crippen molar-refractivity contribution in [1.29, 1.82) is 0 Å². The van der Waals surface area contributed by atoms with Crippen molar-refractivity contribution >= 4 is 35.2 Å². The lowest BCUT2D eigenvalue weighted by atomic mass is 10.1. The van der Waals surface area contributed by atoms with E-state index in [0.29, 0.717) is 16.4 Å². The summed E-state index contributed by atoms with van der Waals surface area (Å²) in [4.78, 5) is 38.3. The third-order valence-electron chi connectivity index (χ3n) is 3.88. The van der Waals surface area contributed by atoms with E-state index in [-0.39, 0.29) is 36.8 Å². The number of anilines is 1. The number of amides is 2. The van der Waals surface area contributed by atoms with E-state index in [4.69, 9.17) is 4.74 Å². The van der Waals surface area contributed by atoms with E-state index in [1.165, 1.54) is 16.7 Å². The molecule has 9 nitrogen and oxygen atoms in total. The molecule has 2 rings (SSSR count). The van der Waals surface area contributed by atoms with Gasteiger partial charge in [0.1, 0.15) is 12.9 Å². The summed E-state index contributed by atoms with van der Waals surface area (Å²) < 4.78 is 6.67. The van der Waals surface area contributed by atoms with Crippen LogP contribution >= 0.6 is 11.8 Å². The summed E-state index contributed by atoms with van der Waals surface area (Å²) in [6.07, 6.45) is 1.56. The molecule has 2 amide bonds. The Bertz CT molecular complexity index is 868. The van der Waals surface area contributed by atoms with Gasteiger partial charge in [0.05, 0.1) is 12.4 Å². The number of benzene rings is 1. The number of thioether (sulfide) groups is 1. The number of aromatic nitrogens is 3. The smallest absolute Gasteiger partial charge is 0.325 e. The van der Waals surface area contributed by atoms with Gasteiger partial charge in [-0.3, -0.25) is 14.4 Å². The third kappa shape index (κ3) is 6.60. The molecule has 1 N–H and O–H groups in total. The van der Waals surface area contributed by atoms with Crippen molar-refractivity contribution in [3.05, 3.63) is 36.2 Å². The topological polar surface area (TPSA) is 106 Å². The molecule has 156 valence electrons. The van der Waals surface area contributed by atoms with Gasteiger partial charge in [0, 0.05) is 24.3 Å². The van der Waals surface area contributed by atoms with E-state index in [2.05, 4.69) is 15.5 Å². The maximum Gasteiger partial charge on any atom is 0.325 e. The predicted molar refractivity (Wildman–Crippen MR) is 110 cm³/mol. The first kappa shape index (κ1) is 22.4. The molecule has 0 spiro atoms. The molecule has 1 aromatic carbocycles. The molecule has 0 atom stereocenters. The largest absolute Gasteiger partial charge is 0.465 e. The summed E-state index contributed by atoms with van der Waals surface area (Å²) >= 11 is 1.26.